The lowest BCUT2D eigenvalue weighted by Crippen LogP contribution is -2.33. The van der Waals surface area contributed by atoms with Gasteiger partial charge in [-0.25, -0.2) is 23.1 Å². The molecule has 7 nitrogen and oxygen atoms in total. The highest BCUT2D eigenvalue weighted by Gasteiger charge is 2.23. The van der Waals surface area contributed by atoms with Gasteiger partial charge in [-0.3, -0.25) is 0 Å². The number of hydrogen-bond donors (Lipinski definition) is 2. The quantitative estimate of drug-likeness (QED) is 0.821. The highest BCUT2D eigenvalue weighted by molar-refractivity contribution is 9.10. The van der Waals surface area contributed by atoms with Gasteiger partial charge in [-0.2, -0.15) is 0 Å². The number of nitrogen functional groups attached to an aromatic ring is 1. The molecule has 1 aliphatic heterocycles. The molecule has 0 spiro atoms. The number of nitrogens with zero attached hydrogens (tertiary/aromatic N) is 3. The molecule has 9 heteroatoms. The van der Waals surface area contributed by atoms with Gasteiger partial charge in [-0.05, 0) is 34.3 Å². The minimum atomic E-state index is -3.67. The van der Waals surface area contributed by atoms with Crippen molar-refractivity contribution in [2.75, 3.05) is 12.3 Å². The molecule has 0 fully saturated rings. The van der Waals surface area contributed by atoms with Crippen molar-refractivity contribution in [2.24, 2.45) is 5.92 Å². The van der Waals surface area contributed by atoms with E-state index in [4.69, 9.17) is 5.73 Å². The summed E-state index contributed by atoms with van der Waals surface area (Å²) in [5, 5.41) is 0. The molecular formula is C13H16BrN5O2S. The van der Waals surface area contributed by atoms with E-state index in [1.54, 1.807) is 6.20 Å². The van der Waals surface area contributed by atoms with Crippen LogP contribution in [0.1, 0.15) is 12.2 Å². The van der Waals surface area contributed by atoms with Gasteiger partial charge < -0.3 is 10.3 Å². The van der Waals surface area contributed by atoms with Crippen LogP contribution in [0, 0.1) is 5.92 Å². The second kappa shape index (κ2) is 5.98. The Morgan fingerprint density at radius 3 is 3.09 bits per heavy atom. The molecule has 0 aliphatic carbocycles. The molecule has 0 unspecified atom stereocenters. The van der Waals surface area contributed by atoms with Crippen molar-refractivity contribution in [3.63, 3.8) is 0 Å². The van der Waals surface area contributed by atoms with Crippen LogP contribution in [0.2, 0.25) is 0 Å². The van der Waals surface area contributed by atoms with E-state index in [0.717, 1.165) is 25.2 Å². The maximum Gasteiger partial charge on any atom is 0.244 e. The van der Waals surface area contributed by atoms with E-state index < -0.39 is 10.0 Å². The third-order valence-corrected chi connectivity index (χ3v) is 5.64. The van der Waals surface area contributed by atoms with E-state index >= 15 is 0 Å². The zero-order chi connectivity index (χ0) is 15.7. The maximum absolute atomic E-state index is 12.4. The summed E-state index contributed by atoms with van der Waals surface area (Å²) in [6.07, 6.45) is 6.87. The van der Waals surface area contributed by atoms with Gasteiger partial charge in [-0.1, -0.05) is 0 Å². The molecular weight excluding hydrogens is 370 g/mol. The van der Waals surface area contributed by atoms with Crippen molar-refractivity contribution in [1.29, 1.82) is 0 Å². The summed E-state index contributed by atoms with van der Waals surface area (Å²) in [5.41, 5.74) is 5.67. The van der Waals surface area contributed by atoms with Gasteiger partial charge in [0.05, 0.1) is 0 Å². The topological polar surface area (TPSA) is 103 Å². The molecule has 3 rings (SSSR count). The molecule has 1 aliphatic rings. The SMILES string of the molecule is Nc1ncc(Br)cc1S(=O)(=O)NC[C@@H]1CCn2ccnc2C1. The van der Waals surface area contributed by atoms with Crippen molar-refractivity contribution in [2.45, 2.75) is 24.3 Å². The van der Waals surface area contributed by atoms with Gasteiger partial charge >= 0.3 is 0 Å². The molecule has 2 aromatic rings. The highest BCUT2D eigenvalue weighted by Crippen LogP contribution is 2.22. The fraction of sp³-hybridized carbons (Fsp3) is 0.385. The van der Waals surface area contributed by atoms with Crippen LogP contribution in [-0.2, 0) is 23.0 Å². The predicted molar refractivity (Wildman–Crippen MR) is 85.6 cm³/mol. The molecule has 0 bridgehead atoms. The molecule has 0 amide bonds. The normalized spacial score (nSPS) is 18.1. The Bertz CT molecular complexity index is 789. The van der Waals surface area contributed by atoms with Crippen LogP contribution in [0.3, 0.4) is 0 Å². The van der Waals surface area contributed by atoms with Crippen molar-refractivity contribution in [1.82, 2.24) is 19.3 Å². The van der Waals surface area contributed by atoms with Gasteiger partial charge in [0.15, 0.2) is 0 Å². The molecule has 118 valence electrons. The lowest BCUT2D eigenvalue weighted by molar-refractivity contribution is 0.379. The van der Waals surface area contributed by atoms with Crippen molar-refractivity contribution in [3.8, 4) is 0 Å². The van der Waals surface area contributed by atoms with E-state index in [0.29, 0.717) is 11.0 Å². The Labute approximate surface area is 137 Å². The van der Waals surface area contributed by atoms with Crippen LogP contribution in [0.15, 0.2) is 34.0 Å². The number of anilines is 1. The Morgan fingerprint density at radius 2 is 2.27 bits per heavy atom. The van der Waals surface area contributed by atoms with Gasteiger partial charge in [0.1, 0.15) is 16.5 Å². The number of nitrogens with two attached hydrogens (primary N) is 1. The summed E-state index contributed by atoms with van der Waals surface area (Å²) in [5.74, 6) is 1.22. The summed E-state index contributed by atoms with van der Waals surface area (Å²) >= 11 is 3.21. The minimum absolute atomic E-state index is 0.000755. The van der Waals surface area contributed by atoms with Crippen LogP contribution >= 0.6 is 15.9 Å². The molecule has 3 N–H and O–H groups in total. The summed E-state index contributed by atoms with van der Waals surface area (Å²) in [4.78, 5) is 8.15. The fourth-order valence-corrected chi connectivity index (χ4v) is 4.25. The van der Waals surface area contributed by atoms with Crippen molar-refractivity contribution < 1.29 is 8.42 Å². The second-order valence-electron chi connectivity index (χ2n) is 5.28. The molecule has 3 heterocycles. The van der Waals surface area contributed by atoms with Crippen LogP contribution in [0.4, 0.5) is 5.82 Å². The summed E-state index contributed by atoms with van der Waals surface area (Å²) in [6, 6.07) is 1.46. The van der Waals surface area contributed by atoms with Gasteiger partial charge in [0, 0.05) is 42.6 Å². The summed E-state index contributed by atoms with van der Waals surface area (Å²) in [7, 11) is -3.67. The molecule has 0 saturated carbocycles. The van der Waals surface area contributed by atoms with Crippen molar-refractivity contribution >= 4 is 31.8 Å². The maximum atomic E-state index is 12.4. The van der Waals surface area contributed by atoms with E-state index in [2.05, 4.69) is 35.2 Å². The number of pyridine rings is 1. The lowest BCUT2D eigenvalue weighted by Gasteiger charge is -2.23. The number of halogens is 1. The van der Waals surface area contributed by atoms with Crippen LogP contribution in [0.25, 0.3) is 0 Å². The first-order chi connectivity index (χ1) is 10.5. The zero-order valence-corrected chi connectivity index (χ0v) is 14.1. The van der Waals surface area contributed by atoms with E-state index in [1.165, 1.54) is 12.3 Å². The van der Waals surface area contributed by atoms with Gasteiger partial charge in [-0.15, -0.1) is 0 Å². The largest absolute Gasteiger partial charge is 0.383 e. The molecule has 0 saturated heterocycles. The second-order valence-corrected chi connectivity index (χ2v) is 7.94. The Balaban J connectivity index is 1.69. The van der Waals surface area contributed by atoms with Crippen LogP contribution in [-0.4, -0.2) is 29.5 Å². The van der Waals surface area contributed by atoms with E-state index in [-0.39, 0.29) is 16.6 Å². The lowest BCUT2D eigenvalue weighted by atomic mass is 9.98. The molecule has 2 aromatic heterocycles. The first-order valence-corrected chi connectivity index (χ1v) is 9.14. The predicted octanol–water partition coefficient (Wildman–Crippen LogP) is 1.16. The average molecular weight is 386 g/mol. The number of hydrogen-bond acceptors (Lipinski definition) is 5. The van der Waals surface area contributed by atoms with Gasteiger partial charge in [0.2, 0.25) is 10.0 Å². The Morgan fingerprint density at radius 1 is 1.45 bits per heavy atom. The Hall–Kier alpha value is -1.45. The number of rotatable bonds is 4. The third-order valence-electron chi connectivity index (χ3n) is 3.75. The fourth-order valence-electron chi connectivity index (χ4n) is 2.54. The van der Waals surface area contributed by atoms with Gasteiger partial charge in [0.25, 0.3) is 0 Å². The van der Waals surface area contributed by atoms with Crippen LogP contribution < -0.4 is 10.5 Å². The summed E-state index contributed by atoms with van der Waals surface area (Å²) < 4.78 is 30.0. The number of aromatic nitrogens is 3. The van der Waals surface area contributed by atoms with Crippen LogP contribution in [0.5, 0.6) is 0 Å². The van der Waals surface area contributed by atoms with E-state index in [1.807, 2.05) is 6.20 Å². The molecule has 0 radical (unpaired) electrons. The van der Waals surface area contributed by atoms with Crippen molar-refractivity contribution in [3.05, 3.63) is 35.0 Å². The van der Waals surface area contributed by atoms with E-state index in [9.17, 15) is 8.42 Å². The monoisotopic (exact) mass is 385 g/mol. The minimum Gasteiger partial charge on any atom is -0.383 e. The standard InChI is InChI=1S/C13H16BrN5O2S/c14-10-6-11(13(15)17-8-10)22(20,21)18-7-9-1-3-19-4-2-16-12(19)5-9/h2,4,6,8-9,18H,1,3,5,7H2,(H2,15,17)/t9-/m1/s1. The third kappa shape index (κ3) is 3.16. The number of fused-ring (bicyclic) bond motifs is 1. The first kappa shape index (κ1) is 15.4. The number of nitrogens with one attached hydrogen (secondary N) is 1. The molecule has 22 heavy (non-hydrogen) atoms. The average Bonchev–Trinajstić information content (AvgIpc) is 2.95. The molecule has 0 aromatic carbocycles. The Kier molecular flexibility index (Phi) is 4.20. The summed E-state index contributed by atoms with van der Waals surface area (Å²) in [6.45, 7) is 1.23. The smallest absolute Gasteiger partial charge is 0.244 e. The number of sulfonamides is 1. The number of imidazole rings is 1. The number of aryl methyl sites for hydroxylation is 1. The highest BCUT2D eigenvalue weighted by atomic mass is 79.9. The zero-order valence-electron chi connectivity index (χ0n) is 11.7. The first-order valence-electron chi connectivity index (χ1n) is 6.86. The molecule has 1 atom stereocenters.